The van der Waals surface area contributed by atoms with Crippen molar-refractivity contribution in [1.82, 2.24) is 24.9 Å². The summed E-state index contributed by atoms with van der Waals surface area (Å²) in [6.45, 7) is 0.459. The van der Waals surface area contributed by atoms with Crippen molar-refractivity contribution in [3.05, 3.63) is 47.9 Å². The Morgan fingerprint density at radius 2 is 2.11 bits per heavy atom. The molecular formula is C19H16N6O3. The third kappa shape index (κ3) is 2.86. The van der Waals surface area contributed by atoms with Crippen LogP contribution >= 0.6 is 0 Å². The summed E-state index contributed by atoms with van der Waals surface area (Å²) in [5.41, 5.74) is 5.61. The fourth-order valence-electron chi connectivity index (χ4n) is 3.11. The van der Waals surface area contributed by atoms with Crippen LogP contribution in [0.2, 0.25) is 0 Å². The molecule has 4 rings (SSSR count). The molecule has 9 heteroatoms. The monoisotopic (exact) mass is 376 g/mol. The first-order valence-corrected chi connectivity index (χ1v) is 8.50. The molecule has 1 atom stereocenters. The van der Waals surface area contributed by atoms with Gasteiger partial charge in [-0.25, -0.2) is 4.68 Å². The van der Waals surface area contributed by atoms with Crippen molar-refractivity contribution >= 4 is 22.7 Å². The maximum Gasteiger partial charge on any atom is 0.269 e. The highest BCUT2D eigenvalue weighted by molar-refractivity contribution is 6.04. The van der Waals surface area contributed by atoms with Crippen molar-refractivity contribution in [1.29, 1.82) is 0 Å². The van der Waals surface area contributed by atoms with Crippen LogP contribution in [0.25, 0.3) is 16.6 Å². The Morgan fingerprint density at radius 3 is 2.82 bits per heavy atom. The van der Waals surface area contributed by atoms with E-state index in [1.807, 2.05) is 0 Å². The summed E-state index contributed by atoms with van der Waals surface area (Å²) in [6.07, 6.45) is 3.18. The standard InChI is InChI=1S/C19H16N6O3/c1-24-8-7-19(28,18(24)27)6-5-12-3-2-4-13(9-12)25-15-11-22-21-10-14(15)16(23-25)17(20)26/h2-4,9-11,28H,7-8H2,1H3,(H2,20,26). The number of fused-ring (bicyclic) bond motifs is 1. The predicted octanol–water partition coefficient (Wildman–Crippen LogP) is -0.141. The topological polar surface area (TPSA) is 127 Å². The molecule has 1 aliphatic heterocycles. The van der Waals surface area contributed by atoms with Gasteiger partial charge in [0.2, 0.25) is 5.60 Å². The van der Waals surface area contributed by atoms with Gasteiger partial charge < -0.3 is 15.7 Å². The van der Waals surface area contributed by atoms with E-state index in [0.29, 0.717) is 28.7 Å². The van der Waals surface area contributed by atoms with Gasteiger partial charge in [-0.05, 0) is 18.2 Å². The number of hydrogen-bond acceptors (Lipinski definition) is 6. The lowest BCUT2D eigenvalue weighted by Crippen LogP contribution is -2.37. The molecular weight excluding hydrogens is 360 g/mol. The molecule has 0 aliphatic carbocycles. The van der Waals surface area contributed by atoms with E-state index in [-0.39, 0.29) is 12.1 Å². The van der Waals surface area contributed by atoms with Crippen molar-refractivity contribution in [2.45, 2.75) is 12.0 Å². The molecule has 2 aromatic heterocycles. The Kier molecular flexibility index (Phi) is 4.05. The van der Waals surface area contributed by atoms with Gasteiger partial charge in [0.25, 0.3) is 11.8 Å². The number of carbonyl (C=O) groups is 2. The lowest BCUT2D eigenvalue weighted by atomic mass is 10.0. The summed E-state index contributed by atoms with van der Waals surface area (Å²) in [6, 6.07) is 7.03. The number of amides is 2. The molecule has 140 valence electrons. The quantitative estimate of drug-likeness (QED) is 0.599. The Morgan fingerprint density at radius 1 is 1.32 bits per heavy atom. The minimum absolute atomic E-state index is 0.0929. The smallest absolute Gasteiger partial charge is 0.269 e. The van der Waals surface area contributed by atoms with Crippen LogP contribution in [0.5, 0.6) is 0 Å². The third-order valence-electron chi connectivity index (χ3n) is 4.64. The van der Waals surface area contributed by atoms with Crippen LogP contribution < -0.4 is 5.73 Å². The van der Waals surface area contributed by atoms with Crippen LogP contribution in [0.1, 0.15) is 22.5 Å². The van der Waals surface area contributed by atoms with Crippen LogP contribution in [0.4, 0.5) is 0 Å². The number of nitrogens with two attached hydrogens (primary N) is 1. The fraction of sp³-hybridized carbons (Fsp3) is 0.211. The molecule has 3 aromatic rings. The molecule has 28 heavy (non-hydrogen) atoms. The van der Waals surface area contributed by atoms with E-state index < -0.39 is 17.4 Å². The van der Waals surface area contributed by atoms with E-state index in [9.17, 15) is 14.7 Å². The van der Waals surface area contributed by atoms with Gasteiger partial charge in [-0.15, -0.1) is 0 Å². The number of nitrogens with zero attached hydrogens (tertiary/aromatic N) is 5. The number of likely N-dealkylation sites (tertiary alicyclic amines) is 1. The third-order valence-corrected chi connectivity index (χ3v) is 4.64. The molecule has 2 amide bonds. The van der Waals surface area contributed by atoms with Crippen molar-refractivity contribution in [3.63, 3.8) is 0 Å². The van der Waals surface area contributed by atoms with Gasteiger partial charge >= 0.3 is 0 Å². The largest absolute Gasteiger partial charge is 0.369 e. The van der Waals surface area contributed by atoms with Crippen LogP contribution in [0, 0.1) is 11.8 Å². The van der Waals surface area contributed by atoms with Gasteiger partial charge in [0.15, 0.2) is 5.69 Å². The zero-order chi connectivity index (χ0) is 19.9. The maximum absolute atomic E-state index is 12.1. The number of hydrogen-bond donors (Lipinski definition) is 2. The summed E-state index contributed by atoms with van der Waals surface area (Å²) < 4.78 is 1.53. The minimum atomic E-state index is -1.67. The molecule has 1 aromatic carbocycles. The molecule has 0 saturated carbocycles. The number of aliphatic hydroxyl groups is 1. The van der Waals surface area contributed by atoms with Crippen LogP contribution in [0.3, 0.4) is 0 Å². The fourth-order valence-corrected chi connectivity index (χ4v) is 3.11. The zero-order valence-electron chi connectivity index (χ0n) is 15.0. The van der Waals surface area contributed by atoms with Crippen molar-refractivity contribution in [2.75, 3.05) is 13.6 Å². The molecule has 0 bridgehead atoms. The zero-order valence-corrected chi connectivity index (χ0v) is 15.0. The SMILES string of the molecule is CN1CCC(O)(C#Cc2cccc(-n3nc(C(N)=O)c4cnncc43)c2)C1=O. The Bertz CT molecular complexity index is 1180. The molecule has 1 unspecified atom stereocenters. The first kappa shape index (κ1) is 17.6. The summed E-state index contributed by atoms with van der Waals surface area (Å²) >= 11 is 0. The van der Waals surface area contributed by atoms with E-state index >= 15 is 0 Å². The van der Waals surface area contributed by atoms with Gasteiger partial charge in [0, 0.05) is 25.6 Å². The second-order valence-electron chi connectivity index (χ2n) is 6.55. The molecule has 0 spiro atoms. The maximum atomic E-state index is 12.1. The van der Waals surface area contributed by atoms with E-state index in [2.05, 4.69) is 27.1 Å². The normalized spacial score (nSPS) is 18.9. The number of primary amides is 1. The summed E-state index contributed by atoms with van der Waals surface area (Å²) in [5.74, 6) is 4.47. The summed E-state index contributed by atoms with van der Waals surface area (Å²) in [5, 5.41) is 22.8. The minimum Gasteiger partial charge on any atom is -0.369 e. The van der Waals surface area contributed by atoms with Gasteiger partial charge in [-0.3, -0.25) is 9.59 Å². The van der Waals surface area contributed by atoms with Crippen molar-refractivity contribution in [3.8, 4) is 17.5 Å². The number of carbonyl (C=O) groups excluding carboxylic acids is 2. The molecule has 1 fully saturated rings. The highest BCUT2D eigenvalue weighted by Gasteiger charge is 2.42. The van der Waals surface area contributed by atoms with E-state index in [1.54, 1.807) is 31.3 Å². The lowest BCUT2D eigenvalue weighted by Gasteiger charge is -2.13. The van der Waals surface area contributed by atoms with Crippen LogP contribution in [0.15, 0.2) is 36.7 Å². The molecule has 9 nitrogen and oxygen atoms in total. The van der Waals surface area contributed by atoms with E-state index in [1.165, 1.54) is 22.0 Å². The van der Waals surface area contributed by atoms with Gasteiger partial charge in [-0.1, -0.05) is 17.9 Å². The Balaban J connectivity index is 1.76. The number of rotatable bonds is 2. The second-order valence-corrected chi connectivity index (χ2v) is 6.55. The first-order valence-electron chi connectivity index (χ1n) is 8.50. The molecule has 1 aliphatic rings. The van der Waals surface area contributed by atoms with Crippen LogP contribution in [-0.2, 0) is 4.79 Å². The number of likely N-dealkylation sites (N-methyl/N-ethyl adjacent to an activating group) is 1. The first-order chi connectivity index (χ1) is 13.4. The van der Waals surface area contributed by atoms with Gasteiger partial charge in [-0.2, -0.15) is 15.3 Å². The van der Waals surface area contributed by atoms with Crippen LogP contribution in [-0.4, -0.2) is 61.0 Å². The highest BCUT2D eigenvalue weighted by atomic mass is 16.3. The van der Waals surface area contributed by atoms with Crippen molar-refractivity contribution < 1.29 is 14.7 Å². The average Bonchev–Trinajstić information content (AvgIpc) is 3.21. The summed E-state index contributed by atoms with van der Waals surface area (Å²) in [7, 11) is 1.63. The second kappa shape index (κ2) is 6.44. The molecule has 1 saturated heterocycles. The Labute approximate surface area is 159 Å². The number of benzene rings is 1. The highest BCUT2D eigenvalue weighted by Crippen LogP contribution is 2.22. The summed E-state index contributed by atoms with van der Waals surface area (Å²) in [4.78, 5) is 25.2. The molecule has 3 N–H and O–H groups in total. The Hall–Kier alpha value is -3.77. The lowest BCUT2D eigenvalue weighted by molar-refractivity contribution is -0.137. The number of aromatic nitrogens is 4. The average molecular weight is 376 g/mol. The van der Waals surface area contributed by atoms with E-state index in [4.69, 9.17) is 5.73 Å². The van der Waals surface area contributed by atoms with Crippen molar-refractivity contribution in [2.24, 2.45) is 5.73 Å². The predicted molar refractivity (Wildman–Crippen MR) is 99.3 cm³/mol. The molecule has 3 heterocycles. The van der Waals surface area contributed by atoms with Gasteiger partial charge in [0.1, 0.15) is 0 Å². The molecule has 0 radical (unpaired) electrons. The van der Waals surface area contributed by atoms with E-state index in [0.717, 1.165) is 0 Å². The van der Waals surface area contributed by atoms with Gasteiger partial charge in [0.05, 0.1) is 29.0 Å².